The Morgan fingerprint density at radius 1 is 1.19 bits per heavy atom. The molecule has 0 aliphatic carbocycles. The molecule has 1 aliphatic rings. The van der Waals surface area contributed by atoms with Gasteiger partial charge in [-0.05, 0) is 32.0 Å². The molecular formula is C21H20N4O2. The molecule has 27 heavy (non-hydrogen) atoms. The van der Waals surface area contributed by atoms with E-state index < -0.39 is 17.7 Å². The topological polar surface area (TPSA) is 92.6 Å². The van der Waals surface area contributed by atoms with Crippen LogP contribution in [0.3, 0.4) is 0 Å². The summed E-state index contributed by atoms with van der Waals surface area (Å²) < 4.78 is 5.97. The summed E-state index contributed by atoms with van der Waals surface area (Å²) in [5, 5.41) is 29.5. The van der Waals surface area contributed by atoms with Crippen LogP contribution in [0.4, 0.5) is 0 Å². The third-order valence-electron chi connectivity index (χ3n) is 4.78. The molecule has 0 spiro atoms. The molecular weight excluding hydrogens is 340 g/mol. The van der Waals surface area contributed by atoms with Crippen molar-refractivity contribution < 1.29 is 9.84 Å². The number of amidine groups is 1. The van der Waals surface area contributed by atoms with Crippen LogP contribution in [-0.2, 0) is 0 Å². The summed E-state index contributed by atoms with van der Waals surface area (Å²) >= 11 is 0. The molecule has 1 heterocycles. The number of aliphatic hydroxyl groups excluding tert-OH is 1. The van der Waals surface area contributed by atoms with Crippen LogP contribution in [-0.4, -0.2) is 34.6 Å². The first kappa shape index (κ1) is 18.4. The lowest BCUT2D eigenvalue weighted by Crippen LogP contribution is -2.54. The summed E-state index contributed by atoms with van der Waals surface area (Å²) in [7, 11) is 1.78. The highest BCUT2D eigenvalue weighted by atomic mass is 16.5. The summed E-state index contributed by atoms with van der Waals surface area (Å²) in [6.45, 7) is 3.62. The van der Waals surface area contributed by atoms with E-state index in [9.17, 15) is 15.6 Å². The van der Waals surface area contributed by atoms with E-state index in [0.29, 0.717) is 22.7 Å². The number of aliphatic hydroxyl groups is 1. The van der Waals surface area contributed by atoms with Crippen molar-refractivity contribution in [2.45, 2.75) is 31.6 Å². The molecule has 136 valence electrons. The molecule has 2 aromatic carbocycles. The largest absolute Gasteiger partial charge is 0.485 e. The molecule has 1 aliphatic heterocycles. The van der Waals surface area contributed by atoms with E-state index in [1.54, 1.807) is 30.1 Å². The molecule has 2 atom stereocenters. The molecule has 3 rings (SSSR count). The van der Waals surface area contributed by atoms with E-state index >= 15 is 0 Å². The summed E-state index contributed by atoms with van der Waals surface area (Å²) in [4.78, 5) is 5.77. The molecule has 0 amide bonds. The van der Waals surface area contributed by atoms with Crippen LogP contribution >= 0.6 is 0 Å². The van der Waals surface area contributed by atoms with Gasteiger partial charge in [0, 0.05) is 18.2 Å². The van der Waals surface area contributed by atoms with Gasteiger partial charge in [0.1, 0.15) is 23.3 Å². The van der Waals surface area contributed by atoms with Crippen molar-refractivity contribution in [1.82, 2.24) is 4.90 Å². The number of likely N-dealkylation sites (N-methyl/N-ethyl adjacent to an activating group) is 1. The van der Waals surface area contributed by atoms with Crippen molar-refractivity contribution in [3.05, 3.63) is 65.2 Å². The quantitative estimate of drug-likeness (QED) is 0.505. The van der Waals surface area contributed by atoms with E-state index in [4.69, 9.17) is 4.74 Å². The van der Waals surface area contributed by atoms with Gasteiger partial charge in [-0.15, -0.1) is 0 Å². The maximum absolute atomic E-state index is 11.1. The lowest BCUT2D eigenvalue weighted by atomic mass is 9.85. The molecule has 0 bridgehead atoms. The Kier molecular flexibility index (Phi) is 4.85. The number of hydrogen-bond donors (Lipinski definition) is 1. The minimum absolute atomic E-state index is 0.438. The highest BCUT2D eigenvalue weighted by molar-refractivity contribution is 5.99. The van der Waals surface area contributed by atoms with Gasteiger partial charge in [-0.2, -0.15) is 15.5 Å². The van der Waals surface area contributed by atoms with Crippen LogP contribution in [0.5, 0.6) is 5.75 Å². The zero-order valence-electron chi connectivity index (χ0n) is 15.4. The minimum Gasteiger partial charge on any atom is -0.485 e. The second-order valence-electron chi connectivity index (χ2n) is 6.97. The van der Waals surface area contributed by atoms with Gasteiger partial charge >= 0.3 is 0 Å². The Balaban J connectivity index is 2.15. The van der Waals surface area contributed by atoms with Gasteiger partial charge in [-0.3, -0.25) is 0 Å². The first-order valence-corrected chi connectivity index (χ1v) is 8.55. The molecule has 0 saturated heterocycles. The predicted molar refractivity (Wildman–Crippen MR) is 101 cm³/mol. The Morgan fingerprint density at radius 3 is 2.52 bits per heavy atom. The van der Waals surface area contributed by atoms with Gasteiger partial charge in [0.2, 0.25) is 6.19 Å². The summed E-state index contributed by atoms with van der Waals surface area (Å²) in [6.07, 6.45) is 0.943. The first-order valence-electron chi connectivity index (χ1n) is 8.55. The molecule has 0 aromatic heterocycles. The number of aliphatic imine (C=N–C) groups is 1. The van der Waals surface area contributed by atoms with Gasteiger partial charge in [0.25, 0.3) is 0 Å². The maximum atomic E-state index is 11.1. The van der Waals surface area contributed by atoms with Crippen molar-refractivity contribution in [1.29, 1.82) is 10.5 Å². The number of fused-ring (bicyclic) bond motifs is 1. The van der Waals surface area contributed by atoms with E-state index in [2.05, 4.69) is 11.1 Å². The number of ether oxygens (including phenoxy) is 1. The molecule has 0 fully saturated rings. The van der Waals surface area contributed by atoms with Crippen molar-refractivity contribution in [2.75, 3.05) is 7.05 Å². The summed E-state index contributed by atoms with van der Waals surface area (Å²) in [5.74, 6) is 1.04. The Morgan fingerprint density at radius 2 is 1.89 bits per heavy atom. The Bertz CT molecular complexity index is 954. The normalized spacial score (nSPS) is 20.6. The van der Waals surface area contributed by atoms with E-state index in [-0.39, 0.29) is 0 Å². The SMILES string of the molecule is CN(C(=NC#N)c1ccccc1)C1c2cc(C#N)ccc2OC(C)(C)C1O. The average molecular weight is 360 g/mol. The highest BCUT2D eigenvalue weighted by Gasteiger charge is 2.45. The van der Waals surface area contributed by atoms with Crippen molar-refractivity contribution >= 4 is 5.84 Å². The average Bonchev–Trinajstić information content (AvgIpc) is 2.67. The third kappa shape index (κ3) is 3.36. The molecule has 2 unspecified atom stereocenters. The van der Waals surface area contributed by atoms with Crippen LogP contribution in [0.1, 0.15) is 36.6 Å². The van der Waals surface area contributed by atoms with Crippen LogP contribution in [0.2, 0.25) is 0 Å². The summed E-state index contributed by atoms with van der Waals surface area (Å²) in [5.41, 5.74) is 1.07. The molecule has 1 N–H and O–H groups in total. The van der Waals surface area contributed by atoms with E-state index in [1.807, 2.05) is 50.4 Å². The number of benzene rings is 2. The molecule has 6 heteroatoms. The van der Waals surface area contributed by atoms with Crippen LogP contribution in [0, 0.1) is 22.8 Å². The Labute approximate surface area is 158 Å². The van der Waals surface area contributed by atoms with E-state index in [0.717, 1.165) is 5.56 Å². The first-order chi connectivity index (χ1) is 12.9. The molecule has 6 nitrogen and oxygen atoms in total. The van der Waals surface area contributed by atoms with Crippen LogP contribution < -0.4 is 4.74 Å². The number of nitrogens with zero attached hydrogens (tertiary/aromatic N) is 4. The van der Waals surface area contributed by atoms with Crippen molar-refractivity contribution in [3.8, 4) is 18.0 Å². The number of rotatable bonds is 2. The number of hydrogen-bond acceptors (Lipinski definition) is 5. The zero-order chi connectivity index (χ0) is 19.6. The standard InChI is InChI=1S/C21H20N4O2/c1-21(2)19(26)18(16-11-14(12-22)9-10-17(16)27-21)25(3)20(24-13-23)15-7-5-4-6-8-15/h4-11,18-19,26H,1-3H3. The smallest absolute Gasteiger partial charge is 0.207 e. The van der Waals surface area contributed by atoms with Crippen LogP contribution in [0.15, 0.2) is 53.5 Å². The fourth-order valence-electron chi connectivity index (χ4n) is 3.37. The van der Waals surface area contributed by atoms with Gasteiger partial charge < -0.3 is 14.7 Å². The van der Waals surface area contributed by atoms with E-state index in [1.165, 1.54) is 0 Å². The van der Waals surface area contributed by atoms with Crippen molar-refractivity contribution in [3.63, 3.8) is 0 Å². The molecule has 0 saturated carbocycles. The van der Waals surface area contributed by atoms with Crippen molar-refractivity contribution in [2.24, 2.45) is 4.99 Å². The number of nitriles is 2. The fourth-order valence-corrected chi connectivity index (χ4v) is 3.37. The maximum Gasteiger partial charge on any atom is 0.207 e. The fraction of sp³-hybridized carbons (Fsp3) is 0.286. The van der Waals surface area contributed by atoms with Crippen LogP contribution in [0.25, 0.3) is 0 Å². The molecule has 2 aromatic rings. The van der Waals surface area contributed by atoms with Gasteiger partial charge in [0.15, 0.2) is 0 Å². The lowest BCUT2D eigenvalue weighted by molar-refractivity contribution is -0.0783. The monoisotopic (exact) mass is 360 g/mol. The summed E-state index contributed by atoms with van der Waals surface area (Å²) in [6, 6.07) is 16.0. The second-order valence-corrected chi connectivity index (χ2v) is 6.97. The van der Waals surface area contributed by atoms with Gasteiger partial charge in [0.05, 0.1) is 17.7 Å². The van der Waals surface area contributed by atoms with Gasteiger partial charge in [-0.25, -0.2) is 0 Å². The second kappa shape index (κ2) is 7.11. The minimum atomic E-state index is -0.906. The predicted octanol–water partition coefficient (Wildman–Crippen LogP) is 2.99. The molecule has 0 radical (unpaired) electrons. The Hall–Kier alpha value is -3.35. The lowest BCUT2D eigenvalue weighted by Gasteiger charge is -2.46. The van der Waals surface area contributed by atoms with Gasteiger partial charge in [-0.1, -0.05) is 30.3 Å². The third-order valence-corrected chi connectivity index (χ3v) is 4.78. The highest BCUT2D eigenvalue weighted by Crippen LogP contribution is 2.43. The zero-order valence-corrected chi connectivity index (χ0v) is 15.4.